The number of hydrogen-bond donors (Lipinski definition) is 0. The molecule has 0 saturated heterocycles. The quantitative estimate of drug-likeness (QED) is 0.571. The van der Waals surface area contributed by atoms with Crippen molar-refractivity contribution in [1.82, 2.24) is 5.06 Å². The molecule has 0 saturated carbocycles. The second-order valence-corrected chi connectivity index (χ2v) is 6.63. The molecule has 0 N–H and O–H groups in total. The summed E-state index contributed by atoms with van der Waals surface area (Å²) in [6, 6.07) is 31.8. The lowest BCUT2D eigenvalue weighted by Crippen LogP contribution is -2.22. The summed E-state index contributed by atoms with van der Waals surface area (Å²) in [6.45, 7) is 0.770. The number of hydrogen-bond acceptors (Lipinski definition) is 2. The predicted molar refractivity (Wildman–Crippen MR) is 105 cm³/mol. The maximum atomic E-state index is 6.25. The molecule has 1 heterocycles. The predicted octanol–water partition coefficient (Wildman–Crippen LogP) is 5.69. The molecule has 1 aliphatic rings. The van der Waals surface area contributed by atoms with Crippen molar-refractivity contribution in [1.29, 1.82) is 0 Å². The summed E-state index contributed by atoms with van der Waals surface area (Å²) in [4.78, 5) is 6.25. The van der Waals surface area contributed by atoms with Gasteiger partial charge in [0.05, 0.1) is 12.6 Å². The van der Waals surface area contributed by atoms with Gasteiger partial charge in [-0.05, 0) is 29.2 Å². The fourth-order valence-electron chi connectivity index (χ4n) is 3.34. The lowest BCUT2D eigenvalue weighted by atomic mass is 10.0. The van der Waals surface area contributed by atoms with Crippen molar-refractivity contribution in [3.63, 3.8) is 0 Å². The minimum atomic E-state index is 0.155. The van der Waals surface area contributed by atoms with E-state index in [1.54, 1.807) is 0 Å². The van der Waals surface area contributed by atoms with E-state index in [-0.39, 0.29) is 6.04 Å². The van der Waals surface area contributed by atoms with Gasteiger partial charge in [-0.3, -0.25) is 0 Å². The molecule has 3 aromatic rings. The van der Waals surface area contributed by atoms with Crippen LogP contribution in [0.2, 0.25) is 0 Å². The van der Waals surface area contributed by atoms with Crippen LogP contribution >= 0.6 is 0 Å². The van der Waals surface area contributed by atoms with E-state index < -0.39 is 0 Å². The highest BCUT2D eigenvalue weighted by atomic mass is 16.7. The molecule has 0 bridgehead atoms. The zero-order valence-electron chi connectivity index (χ0n) is 14.8. The molecule has 26 heavy (non-hydrogen) atoms. The Morgan fingerprint density at radius 2 is 1.23 bits per heavy atom. The standard InChI is InChI=1S/C24H23NO/c1-4-10-20(11-5-1)16-17-23-18-24(22-14-8-3-9-15-22)25(26-23)19-21-12-6-2-7-13-21/h1-15,18,24H,16-17,19H2. The summed E-state index contributed by atoms with van der Waals surface area (Å²) in [6.07, 6.45) is 4.17. The van der Waals surface area contributed by atoms with Crippen LogP contribution in [0.15, 0.2) is 103 Å². The molecule has 2 nitrogen and oxygen atoms in total. The van der Waals surface area contributed by atoms with Crippen molar-refractivity contribution in [3.8, 4) is 0 Å². The van der Waals surface area contributed by atoms with Gasteiger partial charge in [-0.2, -0.15) is 0 Å². The second-order valence-electron chi connectivity index (χ2n) is 6.63. The number of benzene rings is 3. The van der Waals surface area contributed by atoms with E-state index in [1.807, 2.05) is 6.07 Å². The largest absolute Gasteiger partial charge is 0.409 e. The summed E-state index contributed by atoms with van der Waals surface area (Å²) >= 11 is 0. The van der Waals surface area contributed by atoms with Gasteiger partial charge in [-0.25, -0.2) is 0 Å². The van der Waals surface area contributed by atoms with E-state index in [1.165, 1.54) is 16.7 Å². The first kappa shape index (κ1) is 16.6. The van der Waals surface area contributed by atoms with Crippen molar-refractivity contribution >= 4 is 0 Å². The van der Waals surface area contributed by atoms with Crippen LogP contribution in [0, 0.1) is 0 Å². The van der Waals surface area contributed by atoms with Gasteiger partial charge in [-0.15, -0.1) is 5.06 Å². The first-order valence-corrected chi connectivity index (χ1v) is 9.16. The topological polar surface area (TPSA) is 12.5 Å². The first-order chi connectivity index (χ1) is 12.9. The average Bonchev–Trinajstić information content (AvgIpc) is 3.11. The van der Waals surface area contributed by atoms with E-state index in [9.17, 15) is 0 Å². The van der Waals surface area contributed by atoms with Crippen molar-refractivity contribution in [3.05, 3.63) is 120 Å². The monoisotopic (exact) mass is 341 g/mol. The Labute approximate surface area is 155 Å². The average molecular weight is 341 g/mol. The first-order valence-electron chi connectivity index (χ1n) is 9.16. The van der Waals surface area contributed by atoms with E-state index >= 15 is 0 Å². The highest BCUT2D eigenvalue weighted by Crippen LogP contribution is 2.34. The van der Waals surface area contributed by atoms with Gasteiger partial charge < -0.3 is 4.84 Å². The molecule has 0 radical (unpaired) electrons. The van der Waals surface area contributed by atoms with Gasteiger partial charge in [0.25, 0.3) is 0 Å². The normalized spacial score (nSPS) is 16.9. The number of rotatable bonds is 6. The fraction of sp³-hybridized carbons (Fsp3) is 0.167. The van der Waals surface area contributed by atoms with Crippen LogP contribution in [-0.2, 0) is 17.8 Å². The molecule has 1 aliphatic heterocycles. The number of hydroxylamine groups is 2. The minimum absolute atomic E-state index is 0.155. The molecule has 0 amide bonds. The van der Waals surface area contributed by atoms with Crippen LogP contribution in [0.25, 0.3) is 0 Å². The third-order valence-electron chi connectivity index (χ3n) is 4.71. The number of allylic oxidation sites excluding steroid dienone is 1. The molecule has 0 spiro atoms. The van der Waals surface area contributed by atoms with Crippen LogP contribution in [0.4, 0.5) is 0 Å². The summed E-state index contributed by atoms with van der Waals surface area (Å²) in [5.74, 6) is 1.05. The van der Waals surface area contributed by atoms with Crippen LogP contribution in [0.1, 0.15) is 29.2 Å². The summed E-state index contributed by atoms with van der Waals surface area (Å²) < 4.78 is 0. The molecule has 0 aliphatic carbocycles. The van der Waals surface area contributed by atoms with Gasteiger partial charge in [0.2, 0.25) is 0 Å². The smallest absolute Gasteiger partial charge is 0.123 e. The Balaban J connectivity index is 1.51. The maximum absolute atomic E-state index is 6.25. The summed E-state index contributed by atoms with van der Waals surface area (Å²) in [5, 5.41) is 2.09. The third-order valence-corrected chi connectivity index (χ3v) is 4.71. The zero-order chi connectivity index (χ0) is 17.6. The van der Waals surface area contributed by atoms with Gasteiger partial charge in [0.1, 0.15) is 5.76 Å². The third kappa shape index (κ3) is 4.04. The van der Waals surface area contributed by atoms with E-state index in [2.05, 4.69) is 96.1 Å². The van der Waals surface area contributed by atoms with E-state index in [0.29, 0.717) is 0 Å². The van der Waals surface area contributed by atoms with Crippen LogP contribution in [0.3, 0.4) is 0 Å². The van der Waals surface area contributed by atoms with Gasteiger partial charge in [-0.1, -0.05) is 91.0 Å². The highest BCUT2D eigenvalue weighted by Gasteiger charge is 2.28. The molecule has 2 heteroatoms. The molecule has 130 valence electrons. The Morgan fingerprint density at radius 1 is 0.654 bits per heavy atom. The van der Waals surface area contributed by atoms with Gasteiger partial charge in [0, 0.05) is 6.42 Å². The number of aryl methyl sites for hydroxylation is 1. The second kappa shape index (κ2) is 8.03. The molecular weight excluding hydrogens is 318 g/mol. The Kier molecular flexibility index (Phi) is 5.13. The minimum Gasteiger partial charge on any atom is -0.409 e. The number of nitrogens with zero attached hydrogens (tertiary/aromatic N) is 1. The van der Waals surface area contributed by atoms with Crippen LogP contribution in [0.5, 0.6) is 0 Å². The molecule has 3 aromatic carbocycles. The van der Waals surface area contributed by atoms with Crippen LogP contribution < -0.4 is 0 Å². The fourth-order valence-corrected chi connectivity index (χ4v) is 3.34. The Morgan fingerprint density at radius 3 is 1.88 bits per heavy atom. The van der Waals surface area contributed by atoms with Crippen LogP contribution in [-0.4, -0.2) is 5.06 Å². The molecule has 0 aromatic heterocycles. The van der Waals surface area contributed by atoms with E-state index in [4.69, 9.17) is 4.84 Å². The van der Waals surface area contributed by atoms with Crippen molar-refractivity contribution in [2.45, 2.75) is 25.4 Å². The van der Waals surface area contributed by atoms with Crippen molar-refractivity contribution in [2.75, 3.05) is 0 Å². The summed E-state index contributed by atoms with van der Waals surface area (Å²) in [5.41, 5.74) is 3.86. The lowest BCUT2D eigenvalue weighted by Gasteiger charge is -2.23. The van der Waals surface area contributed by atoms with E-state index in [0.717, 1.165) is 25.1 Å². The van der Waals surface area contributed by atoms with Crippen molar-refractivity contribution < 1.29 is 4.84 Å². The maximum Gasteiger partial charge on any atom is 0.123 e. The molecule has 4 rings (SSSR count). The highest BCUT2D eigenvalue weighted by molar-refractivity contribution is 5.27. The molecule has 0 fully saturated rings. The SMILES string of the molecule is C1=C(CCc2ccccc2)ON(Cc2ccccc2)C1c1ccccc1. The summed E-state index contributed by atoms with van der Waals surface area (Å²) in [7, 11) is 0. The molecular formula is C24H23NO. The Hall–Kier alpha value is -2.84. The van der Waals surface area contributed by atoms with Gasteiger partial charge in [0.15, 0.2) is 0 Å². The zero-order valence-corrected chi connectivity index (χ0v) is 14.8. The molecule has 1 atom stereocenters. The van der Waals surface area contributed by atoms with Gasteiger partial charge >= 0.3 is 0 Å². The van der Waals surface area contributed by atoms with Crippen molar-refractivity contribution in [2.24, 2.45) is 0 Å². The Bertz CT molecular complexity index is 843. The lowest BCUT2D eigenvalue weighted by molar-refractivity contribution is -0.129. The molecule has 1 unspecified atom stereocenters.